The second-order valence-electron chi connectivity index (χ2n) is 6.13. The SMILES string of the molecule is Nc1ccc(C(=O)N2CCN(C(=O)c3cccnc3)CC2)cc1C(F)(F)F. The quantitative estimate of drug-likeness (QED) is 0.814. The molecule has 0 radical (unpaired) electrons. The predicted molar refractivity (Wildman–Crippen MR) is 91.9 cm³/mol. The van der Waals surface area contributed by atoms with Crippen LogP contribution in [0.4, 0.5) is 18.9 Å². The van der Waals surface area contributed by atoms with Crippen LogP contribution in [-0.2, 0) is 6.18 Å². The lowest BCUT2D eigenvalue weighted by atomic mass is 10.1. The molecule has 0 spiro atoms. The number of halogens is 3. The molecule has 6 nitrogen and oxygen atoms in total. The minimum absolute atomic E-state index is 0.0800. The largest absolute Gasteiger partial charge is 0.418 e. The molecule has 1 aromatic carbocycles. The van der Waals surface area contributed by atoms with Gasteiger partial charge in [0.25, 0.3) is 11.8 Å². The normalized spacial score (nSPS) is 14.9. The summed E-state index contributed by atoms with van der Waals surface area (Å²) in [7, 11) is 0. The lowest BCUT2D eigenvalue weighted by Gasteiger charge is -2.35. The Balaban J connectivity index is 1.68. The van der Waals surface area contributed by atoms with Crippen LogP contribution in [0.15, 0.2) is 42.7 Å². The van der Waals surface area contributed by atoms with Crippen molar-refractivity contribution in [1.82, 2.24) is 14.8 Å². The van der Waals surface area contributed by atoms with Gasteiger partial charge in [-0.15, -0.1) is 0 Å². The first kappa shape index (κ1) is 18.7. The van der Waals surface area contributed by atoms with E-state index in [1.165, 1.54) is 17.2 Å². The van der Waals surface area contributed by atoms with Gasteiger partial charge in [0.1, 0.15) is 0 Å². The highest BCUT2D eigenvalue weighted by Gasteiger charge is 2.34. The van der Waals surface area contributed by atoms with Gasteiger partial charge in [-0.2, -0.15) is 13.2 Å². The number of nitrogen functional groups attached to an aromatic ring is 1. The third-order valence-corrected chi connectivity index (χ3v) is 4.37. The number of piperazine rings is 1. The van der Waals surface area contributed by atoms with Crippen molar-refractivity contribution >= 4 is 17.5 Å². The highest BCUT2D eigenvalue weighted by molar-refractivity contribution is 5.96. The fourth-order valence-electron chi connectivity index (χ4n) is 2.90. The minimum atomic E-state index is -4.63. The number of carbonyl (C=O) groups is 2. The molecule has 9 heteroatoms. The van der Waals surface area contributed by atoms with E-state index in [-0.39, 0.29) is 24.6 Å². The molecule has 3 rings (SSSR count). The number of aromatic nitrogens is 1. The van der Waals surface area contributed by atoms with Gasteiger partial charge in [-0.25, -0.2) is 0 Å². The molecular formula is C18H17F3N4O2. The number of hydrogen-bond acceptors (Lipinski definition) is 4. The van der Waals surface area contributed by atoms with Gasteiger partial charge in [0.05, 0.1) is 11.1 Å². The zero-order valence-electron chi connectivity index (χ0n) is 14.2. The van der Waals surface area contributed by atoms with Crippen LogP contribution in [0.5, 0.6) is 0 Å². The third kappa shape index (κ3) is 4.02. The average molecular weight is 378 g/mol. The van der Waals surface area contributed by atoms with Gasteiger partial charge in [-0.3, -0.25) is 14.6 Å². The van der Waals surface area contributed by atoms with E-state index < -0.39 is 23.3 Å². The Morgan fingerprint density at radius 3 is 2.07 bits per heavy atom. The summed E-state index contributed by atoms with van der Waals surface area (Å²) in [6, 6.07) is 6.44. The van der Waals surface area contributed by atoms with Crippen molar-refractivity contribution in [2.75, 3.05) is 31.9 Å². The van der Waals surface area contributed by atoms with Gasteiger partial charge in [-0.05, 0) is 30.3 Å². The van der Waals surface area contributed by atoms with Crippen LogP contribution < -0.4 is 5.73 Å². The molecule has 2 N–H and O–H groups in total. The highest BCUT2D eigenvalue weighted by atomic mass is 19.4. The second kappa shape index (κ2) is 7.26. The van der Waals surface area contributed by atoms with Crippen molar-refractivity contribution in [2.45, 2.75) is 6.18 Å². The van der Waals surface area contributed by atoms with Gasteiger partial charge in [0, 0.05) is 49.8 Å². The molecule has 2 amide bonds. The number of pyridine rings is 1. The molecular weight excluding hydrogens is 361 g/mol. The van der Waals surface area contributed by atoms with Crippen molar-refractivity contribution in [3.63, 3.8) is 0 Å². The van der Waals surface area contributed by atoms with E-state index in [0.29, 0.717) is 18.7 Å². The summed E-state index contributed by atoms with van der Waals surface area (Å²) in [6.07, 6.45) is -1.60. The smallest absolute Gasteiger partial charge is 0.398 e. The van der Waals surface area contributed by atoms with Crippen LogP contribution in [0.3, 0.4) is 0 Å². The van der Waals surface area contributed by atoms with Crippen molar-refractivity contribution in [2.24, 2.45) is 0 Å². The van der Waals surface area contributed by atoms with Crippen molar-refractivity contribution < 1.29 is 22.8 Å². The predicted octanol–water partition coefficient (Wildman–Crippen LogP) is 2.28. The topological polar surface area (TPSA) is 79.5 Å². The van der Waals surface area contributed by atoms with Crippen LogP contribution in [0.25, 0.3) is 0 Å². The Labute approximate surface area is 153 Å². The number of nitrogens with two attached hydrogens (primary N) is 1. The average Bonchev–Trinajstić information content (AvgIpc) is 2.67. The molecule has 2 aromatic rings. The highest BCUT2D eigenvalue weighted by Crippen LogP contribution is 2.34. The molecule has 1 aromatic heterocycles. The number of rotatable bonds is 2. The molecule has 2 heterocycles. The fourth-order valence-corrected chi connectivity index (χ4v) is 2.90. The lowest BCUT2D eigenvalue weighted by molar-refractivity contribution is -0.136. The summed E-state index contributed by atoms with van der Waals surface area (Å²) in [5.74, 6) is -0.712. The van der Waals surface area contributed by atoms with E-state index in [1.807, 2.05) is 0 Å². The minimum Gasteiger partial charge on any atom is -0.398 e. The third-order valence-electron chi connectivity index (χ3n) is 4.37. The van der Waals surface area contributed by atoms with Gasteiger partial charge in [0.2, 0.25) is 0 Å². The number of amides is 2. The molecule has 0 saturated carbocycles. The monoisotopic (exact) mass is 378 g/mol. The Hall–Kier alpha value is -3.10. The number of carbonyl (C=O) groups excluding carboxylic acids is 2. The Morgan fingerprint density at radius 2 is 1.56 bits per heavy atom. The maximum atomic E-state index is 13.0. The summed E-state index contributed by atoms with van der Waals surface area (Å²) in [6.45, 7) is 1.05. The maximum Gasteiger partial charge on any atom is 0.418 e. The second-order valence-corrected chi connectivity index (χ2v) is 6.13. The van der Waals surface area contributed by atoms with Gasteiger partial charge in [-0.1, -0.05) is 0 Å². The van der Waals surface area contributed by atoms with E-state index in [2.05, 4.69) is 4.98 Å². The first-order valence-electron chi connectivity index (χ1n) is 8.22. The number of anilines is 1. The summed E-state index contributed by atoms with van der Waals surface area (Å²) in [5, 5.41) is 0. The van der Waals surface area contributed by atoms with Crippen molar-refractivity contribution in [3.8, 4) is 0 Å². The van der Waals surface area contributed by atoms with Crippen LogP contribution >= 0.6 is 0 Å². The zero-order chi connectivity index (χ0) is 19.6. The Kier molecular flexibility index (Phi) is 5.02. The molecule has 0 aliphatic carbocycles. The van der Waals surface area contributed by atoms with E-state index in [0.717, 1.165) is 12.1 Å². The number of hydrogen-bond donors (Lipinski definition) is 1. The molecule has 1 saturated heterocycles. The summed E-state index contributed by atoms with van der Waals surface area (Å²) in [5.41, 5.74) is 4.28. The molecule has 27 heavy (non-hydrogen) atoms. The zero-order valence-corrected chi connectivity index (χ0v) is 14.2. The molecule has 0 unspecified atom stereocenters. The summed E-state index contributed by atoms with van der Waals surface area (Å²) >= 11 is 0. The van der Waals surface area contributed by atoms with Crippen LogP contribution in [0.2, 0.25) is 0 Å². The Bertz CT molecular complexity index is 847. The first-order chi connectivity index (χ1) is 12.8. The van der Waals surface area contributed by atoms with E-state index in [4.69, 9.17) is 5.73 Å². The molecule has 1 aliphatic heterocycles. The van der Waals surface area contributed by atoms with Gasteiger partial charge < -0.3 is 15.5 Å². The summed E-state index contributed by atoms with van der Waals surface area (Å²) in [4.78, 5) is 31.8. The molecule has 1 aliphatic rings. The number of alkyl halides is 3. The standard InChI is InChI=1S/C18H17F3N4O2/c19-18(20,21)14-10-12(3-4-15(14)22)16(26)24-6-8-25(9-7-24)17(27)13-2-1-5-23-11-13/h1-5,10-11H,6-9,22H2. The van der Waals surface area contributed by atoms with E-state index in [1.54, 1.807) is 23.2 Å². The van der Waals surface area contributed by atoms with Gasteiger partial charge >= 0.3 is 6.18 Å². The molecule has 0 bridgehead atoms. The van der Waals surface area contributed by atoms with Crippen molar-refractivity contribution in [3.05, 3.63) is 59.4 Å². The first-order valence-corrected chi connectivity index (χ1v) is 8.22. The van der Waals surface area contributed by atoms with E-state index in [9.17, 15) is 22.8 Å². The number of nitrogens with zero attached hydrogens (tertiary/aromatic N) is 3. The van der Waals surface area contributed by atoms with Crippen LogP contribution in [-0.4, -0.2) is 52.8 Å². The van der Waals surface area contributed by atoms with Crippen molar-refractivity contribution in [1.29, 1.82) is 0 Å². The maximum absolute atomic E-state index is 13.0. The number of benzene rings is 1. The molecule has 1 fully saturated rings. The lowest BCUT2D eigenvalue weighted by Crippen LogP contribution is -2.50. The summed E-state index contributed by atoms with van der Waals surface area (Å²) < 4.78 is 38.9. The van der Waals surface area contributed by atoms with Crippen LogP contribution in [0, 0.1) is 0 Å². The van der Waals surface area contributed by atoms with Gasteiger partial charge in [0.15, 0.2) is 0 Å². The fraction of sp³-hybridized carbons (Fsp3) is 0.278. The Morgan fingerprint density at radius 1 is 0.963 bits per heavy atom. The molecule has 0 atom stereocenters. The van der Waals surface area contributed by atoms with E-state index >= 15 is 0 Å². The molecule has 142 valence electrons. The van der Waals surface area contributed by atoms with Crippen LogP contribution in [0.1, 0.15) is 26.3 Å².